The van der Waals surface area contributed by atoms with E-state index in [2.05, 4.69) is 25.7 Å². The summed E-state index contributed by atoms with van der Waals surface area (Å²) in [6.45, 7) is -0.855. The van der Waals surface area contributed by atoms with Gasteiger partial charge in [-0.05, 0) is 24.3 Å². The van der Waals surface area contributed by atoms with Crippen LogP contribution in [-0.2, 0) is 11.3 Å². The minimum Gasteiger partial charge on any atom is -0.377 e. The Morgan fingerprint density at radius 3 is 2.65 bits per heavy atom. The maximum absolute atomic E-state index is 14.7. The number of anilines is 2. The highest BCUT2D eigenvalue weighted by molar-refractivity contribution is 5.90. The molecule has 2 aromatic heterocycles. The fourth-order valence-electron chi connectivity index (χ4n) is 4.41. The number of carbonyl (C=O) groups excluding carboxylic acids is 1. The lowest BCUT2D eigenvalue weighted by Crippen LogP contribution is -2.48. The van der Waals surface area contributed by atoms with E-state index in [4.69, 9.17) is 4.74 Å². The monoisotopic (exact) mass is 479 g/mol. The Hall–Kier alpha value is -3.48. The first-order chi connectivity index (χ1) is 16.2. The average Bonchev–Trinajstić information content (AvgIpc) is 3.27. The van der Waals surface area contributed by atoms with Crippen molar-refractivity contribution in [1.82, 2.24) is 25.1 Å². The quantitative estimate of drug-likeness (QED) is 0.559. The molecule has 0 aliphatic carbocycles. The summed E-state index contributed by atoms with van der Waals surface area (Å²) < 4.78 is 60.4. The number of alkyl halides is 4. The Labute approximate surface area is 191 Å². The molecule has 2 aliphatic rings. The van der Waals surface area contributed by atoms with Gasteiger partial charge in [-0.1, -0.05) is 0 Å². The van der Waals surface area contributed by atoms with Gasteiger partial charge in [0.25, 0.3) is 0 Å². The number of halogens is 4. The molecule has 13 heteroatoms. The van der Waals surface area contributed by atoms with Crippen molar-refractivity contribution in [2.24, 2.45) is 0 Å². The molecule has 1 aromatic carbocycles. The molecule has 2 amide bonds. The van der Waals surface area contributed by atoms with Crippen molar-refractivity contribution in [3.8, 4) is 11.4 Å². The lowest BCUT2D eigenvalue weighted by Gasteiger charge is -2.35. The first-order valence-corrected chi connectivity index (χ1v) is 10.6. The standard InChI is InChI=1S/C21H21F4N7O2/c1-26-20(33)28-12-4-2-11(3-5-12)17-29-18-14(7-27-31(18)10-21(23,24)25)19(30-17)32-13-6-15(22)16(32)9-34-8-13/h2-5,7,13,15-16H,6,8-10H2,1H3,(H2,26,28,33). The summed E-state index contributed by atoms with van der Waals surface area (Å²) in [5.41, 5.74) is 1.03. The van der Waals surface area contributed by atoms with Gasteiger partial charge in [0.1, 0.15) is 18.5 Å². The molecule has 2 bridgehead atoms. The Morgan fingerprint density at radius 2 is 1.97 bits per heavy atom. The van der Waals surface area contributed by atoms with Crippen molar-refractivity contribution < 1.29 is 27.1 Å². The predicted octanol–water partition coefficient (Wildman–Crippen LogP) is 3.12. The van der Waals surface area contributed by atoms with Gasteiger partial charge in [-0.15, -0.1) is 0 Å². The number of morpholine rings is 1. The van der Waals surface area contributed by atoms with E-state index in [-0.39, 0.29) is 30.5 Å². The first-order valence-electron chi connectivity index (χ1n) is 10.6. The molecule has 2 saturated heterocycles. The van der Waals surface area contributed by atoms with Crippen LogP contribution in [0.3, 0.4) is 0 Å². The summed E-state index contributed by atoms with van der Waals surface area (Å²) >= 11 is 0. The van der Waals surface area contributed by atoms with E-state index in [1.807, 2.05) is 0 Å². The third-order valence-electron chi connectivity index (χ3n) is 5.94. The molecule has 3 unspecified atom stereocenters. The second-order valence-corrected chi connectivity index (χ2v) is 8.22. The second kappa shape index (κ2) is 8.38. The van der Waals surface area contributed by atoms with Crippen LogP contribution in [0.1, 0.15) is 6.42 Å². The van der Waals surface area contributed by atoms with Crippen LogP contribution in [0, 0.1) is 0 Å². The number of nitrogens with zero attached hydrogens (tertiary/aromatic N) is 5. The molecular formula is C21H21F4N7O2. The summed E-state index contributed by atoms with van der Waals surface area (Å²) in [4.78, 5) is 22.3. The lowest BCUT2D eigenvalue weighted by molar-refractivity contribution is -0.141. The minimum absolute atomic E-state index is 0.00573. The molecule has 9 nitrogen and oxygen atoms in total. The third kappa shape index (κ3) is 4.11. The maximum atomic E-state index is 14.7. The van der Waals surface area contributed by atoms with Gasteiger partial charge in [-0.3, -0.25) is 0 Å². The van der Waals surface area contributed by atoms with E-state index in [9.17, 15) is 22.4 Å². The van der Waals surface area contributed by atoms with Crippen LogP contribution in [-0.4, -0.2) is 70.5 Å². The van der Waals surface area contributed by atoms with Gasteiger partial charge >= 0.3 is 12.2 Å². The molecule has 180 valence electrons. The molecule has 2 aliphatic heterocycles. The largest absolute Gasteiger partial charge is 0.408 e. The number of fused-ring (bicyclic) bond motifs is 3. The normalized spacial score (nSPS) is 22.3. The van der Waals surface area contributed by atoms with Crippen molar-refractivity contribution in [2.45, 2.75) is 37.4 Å². The number of rotatable bonds is 4. The van der Waals surface area contributed by atoms with Gasteiger partial charge in [-0.25, -0.2) is 23.8 Å². The molecule has 2 fully saturated rings. The van der Waals surface area contributed by atoms with Crippen molar-refractivity contribution in [3.63, 3.8) is 0 Å². The zero-order chi connectivity index (χ0) is 24.0. The highest BCUT2D eigenvalue weighted by Crippen LogP contribution is 2.39. The number of amides is 2. The van der Waals surface area contributed by atoms with E-state index in [1.165, 1.54) is 13.2 Å². The Bertz CT molecular complexity index is 1210. The summed E-state index contributed by atoms with van der Waals surface area (Å²) in [6.07, 6.45) is -4.10. The van der Waals surface area contributed by atoms with E-state index < -0.39 is 31.0 Å². The zero-order valence-electron chi connectivity index (χ0n) is 18.0. The van der Waals surface area contributed by atoms with Gasteiger partial charge in [0.2, 0.25) is 0 Å². The van der Waals surface area contributed by atoms with Crippen molar-refractivity contribution in [3.05, 3.63) is 30.5 Å². The predicted molar refractivity (Wildman–Crippen MR) is 115 cm³/mol. The fourth-order valence-corrected chi connectivity index (χ4v) is 4.41. The van der Waals surface area contributed by atoms with Gasteiger partial charge in [0.05, 0.1) is 36.9 Å². The van der Waals surface area contributed by atoms with Crippen LogP contribution in [0.5, 0.6) is 0 Å². The topological polar surface area (TPSA) is 97.2 Å². The Morgan fingerprint density at radius 1 is 1.21 bits per heavy atom. The lowest BCUT2D eigenvalue weighted by atomic mass is 10.1. The van der Waals surface area contributed by atoms with Crippen LogP contribution < -0.4 is 15.5 Å². The molecule has 4 heterocycles. The molecule has 0 saturated carbocycles. The summed E-state index contributed by atoms with van der Waals surface area (Å²) in [6, 6.07) is 5.27. The van der Waals surface area contributed by atoms with Crippen LogP contribution in [0.25, 0.3) is 22.4 Å². The number of aromatic nitrogens is 4. The van der Waals surface area contributed by atoms with Crippen LogP contribution >= 0.6 is 0 Å². The highest BCUT2D eigenvalue weighted by atomic mass is 19.4. The van der Waals surface area contributed by atoms with E-state index >= 15 is 0 Å². The minimum atomic E-state index is -4.50. The smallest absolute Gasteiger partial charge is 0.377 e. The molecular weight excluding hydrogens is 458 g/mol. The number of nitrogens with one attached hydrogen (secondary N) is 2. The summed E-state index contributed by atoms with van der Waals surface area (Å²) in [5.74, 6) is 0.499. The van der Waals surface area contributed by atoms with Gasteiger partial charge < -0.3 is 20.3 Å². The van der Waals surface area contributed by atoms with Gasteiger partial charge in [-0.2, -0.15) is 18.3 Å². The molecule has 3 atom stereocenters. The summed E-state index contributed by atoms with van der Waals surface area (Å²) in [5, 5.41) is 9.29. The number of hydrogen-bond donors (Lipinski definition) is 2. The van der Waals surface area contributed by atoms with Gasteiger partial charge in [0, 0.05) is 24.7 Å². The molecule has 0 radical (unpaired) electrons. The SMILES string of the molecule is CNC(=O)Nc1ccc(-c2nc(N3C4COCC3C(F)C4)c3cnn(CC(F)(F)F)c3n2)cc1. The van der Waals surface area contributed by atoms with Crippen molar-refractivity contribution in [1.29, 1.82) is 0 Å². The average molecular weight is 479 g/mol. The first kappa shape index (κ1) is 22.3. The second-order valence-electron chi connectivity index (χ2n) is 8.22. The fraction of sp³-hybridized carbons (Fsp3) is 0.429. The van der Waals surface area contributed by atoms with Crippen molar-refractivity contribution >= 4 is 28.6 Å². The van der Waals surface area contributed by atoms with Crippen LogP contribution in [0.15, 0.2) is 30.5 Å². The van der Waals surface area contributed by atoms with E-state index in [0.717, 1.165) is 4.68 Å². The van der Waals surface area contributed by atoms with Gasteiger partial charge in [0.15, 0.2) is 11.5 Å². The maximum Gasteiger partial charge on any atom is 0.408 e. The Balaban J connectivity index is 1.61. The van der Waals surface area contributed by atoms with Crippen LogP contribution in [0.2, 0.25) is 0 Å². The van der Waals surface area contributed by atoms with E-state index in [1.54, 1.807) is 29.2 Å². The molecule has 5 rings (SSSR count). The molecule has 0 spiro atoms. The number of benzene rings is 1. The summed E-state index contributed by atoms with van der Waals surface area (Å²) in [7, 11) is 1.49. The zero-order valence-corrected chi connectivity index (χ0v) is 18.0. The third-order valence-corrected chi connectivity index (χ3v) is 5.94. The number of urea groups is 1. The van der Waals surface area contributed by atoms with E-state index in [0.29, 0.717) is 29.1 Å². The highest BCUT2D eigenvalue weighted by Gasteiger charge is 2.46. The Kier molecular flexibility index (Phi) is 5.50. The molecule has 2 N–H and O–H groups in total. The molecule has 34 heavy (non-hydrogen) atoms. The number of hydrogen-bond acceptors (Lipinski definition) is 6. The molecule has 3 aromatic rings. The van der Waals surface area contributed by atoms with Crippen molar-refractivity contribution in [2.75, 3.05) is 30.5 Å². The number of carbonyl (C=O) groups is 1. The number of ether oxygens (including phenoxy) is 1. The van der Waals surface area contributed by atoms with Crippen LogP contribution in [0.4, 0.5) is 33.9 Å².